The number of hydrogen-bond acceptors (Lipinski definition) is 3. The quantitative estimate of drug-likeness (QED) is 0.805. The fraction of sp³-hybridized carbons (Fsp3) is 0.0714. The van der Waals surface area contributed by atoms with Gasteiger partial charge < -0.3 is 15.7 Å². The number of carboxylic acids is 1. The maximum absolute atomic E-state index is 13.3. The number of amides is 2. The lowest BCUT2D eigenvalue weighted by Crippen LogP contribution is -2.28. The van der Waals surface area contributed by atoms with Crippen LogP contribution in [0.2, 0.25) is 0 Å². The van der Waals surface area contributed by atoms with Crippen LogP contribution >= 0.6 is 0 Å². The average molecular weight is 289 g/mol. The summed E-state index contributed by atoms with van der Waals surface area (Å²) in [6.45, 7) is 0.146. The number of pyridine rings is 1. The van der Waals surface area contributed by atoms with Crippen molar-refractivity contribution >= 4 is 17.7 Å². The summed E-state index contributed by atoms with van der Waals surface area (Å²) in [5.41, 5.74) is 0.632. The molecule has 0 aliphatic rings. The van der Waals surface area contributed by atoms with E-state index in [-0.39, 0.29) is 17.9 Å². The van der Waals surface area contributed by atoms with Crippen molar-refractivity contribution in [3.63, 3.8) is 0 Å². The largest absolute Gasteiger partial charge is 0.477 e. The summed E-state index contributed by atoms with van der Waals surface area (Å²) in [5.74, 6) is -1.65. The second kappa shape index (κ2) is 6.47. The molecule has 21 heavy (non-hydrogen) atoms. The lowest BCUT2D eigenvalue weighted by molar-refractivity contribution is 0.0690. The SMILES string of the molecule is O=C(NCc1ccc(C(=O)O)nc1)Nc1ccccc1F. The number of carbonyl (C=O) groups is 2. The Morgan fingerprint density at radius 1 is 1.19 bits per heavy atom. The van der Waals surface area contributed by atoms with Crippen molar-refractivity contribution in [2.75, 3.05) is 5.32 Å². The first-order chi connectivity index (χ1) is 10.1. The van der Waals surface area contributed by atoms with Gasteiger partial charge in [0, 0.05) is 12.7 Å². The first-order valence-corrected chi connectivity index (χ1v) is 6.04. The Labute approximate surface area is 119 Å². The summed E-state index contributed by atoms with van der Waals surface area (Å²) >= 11 is 0. The molecule has 2 rings (SSSR count). The maximum Gasteiger partial charge on any atom is 0.354 e. The third-order valence-corrected chi connectivity index (χ3v) is 2.62. The number of hydrogen-bond donors (Lipinski definition) is 3. The predicted molar refractivity (Wildman–Crippen MR) is 73.5 cm³/mol. The summed E-state index contributed by atoms with van der Waals surface area (Å²) in [7, 11) is 0. The lowest BCUT2D eigenvalue weighted by Gasteiger charge is -2.08. The van der Waals surface area contributed by atoms with Crippen LogP contribution in [0.1, 0.15) is 16.1 Å². The van der Waals surface area contributed by atoms with E-state index in [0.717, 1.165) is 0 Å². The number of benzene rings is 1. The van der Waals surface area contributed by atoms with Gasteiger partial charge in [-0.2, -0.15) is 0 Å². The highest BCUT2D eigenvalue weighted by atomic mass is 19.1. The maximum atomic E-state index is 13.3. The molecule has 2 aromatic rings. The highest BCUT2D eigenvalue weighted by Gasteiger charge is 2.07. The third-order valence-electron chi connectivity index (χ3n) is 2.62. The van der Waals surface area contributed by atoms with E-state index in [9.17, 15) is 14.0 Å². The van der Waals surface area contributed by atoms with Crippen LogP contribution in [-0.2, 0) is 6.54 Å². The number of anilines is 1. The van der Waals surface area contributed by atoms with Gasteiger partial charge in [0.05, 0.1) is 5.69 Å². The third kappa shape index (κ3) is 4.00. The first-order valence-electron chi connectivity index (χ1n) is 6.04. The van der Waals surface area contributed by atoms with E-state index in [2.05, 4.69) is 15.6 Å². The van der Waals surface area contributed by atoms with Crippen LogP contribution in [0, 0.1) is 5.82 Å². The fourth-order valence-corrected chi connectivity index (χ4v) is 1.57. The molecular formula is C14H12FN3O3. The molecule has 1 aromatic carbocycles. The van der Waals surface area contributed by atoms with Gasteiger partial charge in [0.1, 0.15) is 11.5 Å². The normalized spacial score (nSPS) is 9.95. The van der Waals surface area contributed by atoms with Crippen LogP contribution in [0.3, 0.4) is 0 Å². The summed E-state index contributed by atoms with van der Waals surface area (Å²) in [5, 5.41) is 13.6. The number of nitrogens with one attached hydrogen (secondary N) is 2. The predicted octanol–water partition coefficient (Wildman–Crippen LogP) is 2.24. The minimum Gasteiger partial charge on any atom is -0.477 e. The highest BCUT2D eigenvalue weighted by molar-refractivity contribution is 5.89. The monoisotopic (exact) mass is 289 g/mol. The Balaban J connectivity index is 1.89. The number of carboxylic acid groups (broad SMARTS) is 1. The highest BCUT2D eigenvalue weighted by Crippen LogP contribution is 2.11. The van der Waals surface area contributed by atoms with Gasteiger partial charge in [0.2, 0.25) is 0 Å². The van der Waals surface area contributed by atoms with Crippen molar-refractivity contribution in [1.29, 1.82) is 0 Å². The van der Waals surface area contributed by atoms with Gasteiger partial charge in [-0.25, -0.2) is 19.0 Å². The van der Waals surface area contributed by atoms with E-state index >= 15 is 0 Å². The molecule has 0 fully saturated rings. The van der Waals surface area contributed by atoms with Crippen LogP contribution in [0.15, 0.2) is 42.6 Å². The standard InChI is InChI=1S/C14H12FN3O3/c15-10-3-1-2-4-11(10)18-14(21)17-8-9-5-6-12(13(19)20)16-7-9/h1-7H,8H2,(H,19,20)(H2,17,18,21). The van der Waals surface area contributed by atoms with Crippen molar-refractivity contribution in [2.45, 2.75) is 6.54 Å². The minimum absolute atomic E-state index is 0.0745. The second-order valence-corrected chi connectivity index (χ2v) is 4.14. The van der Waals surface area contributed by atoms with Crippen LogP contribution in [0.5, 0.6) is 0 Å². The van der Waals surface area contributed by atoms with Crippen molar-refractivity contribution in [2.24, 2.45) is 0 Å². The van der Waals surface area contributed by atoms with Gasteiger partial charge >= 0.3 is 12.0 Å². The molecule has 0 unspecified atom stereocenters. The van der Waals surface area contributed by atoms with Crippen LogP contribution in [0.4, 0.5) is 14.9 Å². The Morgan fingerprint density at radius 3 is 2.57 bits per heavy atom. The second-order valence-electron chi connectivity index (χ2n) is 4.14. The Hall–Kier alpha value is -2.96. The number of carbonyl (C=O) groups excluding carboxylic acids is 1. The molecule has 1 aromatic heterocycles. The molecule has 6 nitrogen and oxygen atoms in total. The van der Waals surface area contributed by atoms with E-state index < -0.39 is 17.8 Å². The zero-order valence-corrected chi connectivity index (χ0v) is 10.8. The molecule has 0 atom stereocenters. The van der Waals surface area contributed by atoms with E-state index in [1.807, 2.05) is 0 Å². The molecule has 2 amide bonds. The number of halogens is 1. The van der Waals surface area contributed by atoms with E-state index in [1.54, 1.807) is 12.1 Å². The van der Waals surface area contributed by atoms with Gasteiger partial charge in [-0.3, -0.25) is 0 Å². The van der Waals surface area contributed by atoms with Crippen LogP contribution < -0.4 is 10.6 Å². The van der Waals surface area contributed by atoms with E-state index in [0.29, 0.717) is 5.56 Å². The zero-order valence-electron chi connectivity index (χ0n) is 10.8. The van der Waals surface area contributed by atoms with Gasteiger partial charge in [0.15, 0.2) is 0 Å². The molecule has 0 saturated carbocycles. The first kappa shape index (κ1) is 14.4. The number of aromatic carboxylic acids is 1. The molecule has 0 radical (unpaired) electrons. The molecule has 0 spiro atoms. The van der Waals surface area contributed by atoms with Crippen molar-refractivity contribution in [1.82, 2.24) is 10.3 Å². The molecular weight excluding hydrogens is 277 g/mol. The number of aromatic nitrogens is 1. The number of urea groups is 1. The number of nitrogens with zero attached hydrogens (tertiary/aromatic N) is 1. The van der Waals surface area contributed by atoms with Gasteiger partial charge in [-0.15, -0.1) is 0 Å². The van der Waals surface area contributed by atoms with Gasteiger partial charge in [0.25, 0.3) is 0 Å². The van der Waals surface area contributed by atoms with Crippen molar-refractivity contribution in [3.8, 4) is 0 Å². The van der Waals surface area contributed by atoms with Crippen LogP contribution in [-0.4, -0.2) is 22.1 Å². The summed E-state index contributed by atoms with van der Waals surface area (Å²) in [6.07, 6.45) is 1.35. The molecule has 0 saturated heterocycles. The number of para-hydroxylation sites is 1. The fourth-order valence-electron chi connectivity index (χ4n) is 1.57. The Morgan fingerprint density at radius 2 is 1.95 bits per heavy atom. The summed E-state index contributed by atoms with van der Waals surface area (Å²) in [6, 6.07) is 8.12. The van der Waals surface area contributed by atoms with Crippen LogP contribution in [0.25, 0.3) is 0 Å². The summed E-state index contributed by atoms with van der Waals surface area (Å²) in [4.78, 5) is 26.0. The lowest BCUT2D eigenvalue weighted by atomic mass is 10.2. The molecule has 0 aliphatic heterocycles. The zero-order chi connectivity index (χ0) is 15.2. The van der Waals surface area contributed by atoms with E-state index in [1.165, 1.54) is 30.5 Å². The molecule has 0 bridgehead atoms. The minimum atomic E-state index is -1.12. The topological polar surface area (TPSA) is 91.3 Å². The molecule has 7 heteroatoms. The van der Waals surface area contributed by atoms with Gasteiger partial charge in [-0.05, 0) is 23.8 Å². The smallest absolute Gasteiger partial charge is 0.354 e. The molecule has 108 valence electrons. The molecule has 3 N–H and O–H groups in total. The molecule has 1 heterocycles. The Kier molecular flexibility index (Phi) is 4.45. The van der Waals surface area contributed by atoms with E-state index in [4.69, 9.17) is 5.11 Å². The number of rotatable bonds is 4. The van der Waals surface area contributed by atoms with Gasteiger partial charge in [-0.1, -0.05) is 18.2 Å². The van der Waals surface area contributed by atoms with Crippen molar-refractivity contribution in [3.05, 3.63) is 59.7 Å². The summed E-state index contributed by atoms with van der Waals surface area (Å²) < 4.78 is 13.3. The molecule has 0 aliphatic carbocycles. The average Bonchev–Trinajstić information content (AvgIpc) is 2.48. The Bertz CT molecular complexity index is 659. The van der Waals surface area contributed by atoms with Crippen molar-refractivity contribution < 1.29 is 19.1 Å².